The molecule has 0 bridgehead atoms. The Kier molecular flexibility index (Phi) is 4.04. The van der Waals surface area contributed by atoms with E-state index in [1.807, 2.05) is 6.07 Å². The molecular weight excluding hydrogens is 370 g/mol. The summed E-state index contributed by atoms with van der Waals surface area (Å²) in [6.45, 7) is 1.93. The van der Waals surface area contributed by atoms with Gasteiger partial charge >= 0.3 is 5.97 Å². The Morgan fingerprint density at radius 3 is 2.90 bits per heavy atom. The van der Waals surface area contributed by atoms with Crippen LogP contribution < -0.4 is 0 Å². The summed E-state index contributed by atoms with van der Waals surface area (Å²) in [5.74, 6) is 0.730. The summed E-state index contributed by atoms with van der Waals surface area (Å²) in [7, 11) is 0. The van der Waals surface area contributed by atoms with Crippen LogP contribution in [0.15, 0.2) is 24.4 Å². The van der Waals surface area contributed by atoms with Gasteiger partial charge in [-0.15, -0.1) is 5.10 Å². The third-order valence-electron chi connectivity index (χ3n) is 8.12. The maximum Gasteiger partial charge on any atom is 0.325 e. The molecule has 3 aliphatic carbocycles. The fourth-order valence-corrected chi connectivity index (χ4v) is 6.71. The lowest BCUT2D eigenvalue weighted by molar-refractivity contribution is -0.137. The zero-order chi connectivity index (χ0) is 20.4. The molecule has 0 saturated heterocycles. The molecule has 3 aliphatic rings. The molecule has 0 spiro atoms. The van der Waals surface area contributed by atoms with Crippen molar-refractivity contribution in [2.45, 2.75) is 63.5 Å². The summed E-state index contributed by atoms with van der Waals surface area (Å²) >= 11 is 0. The minimum Gasteiger partial charge on any atom is -0.508 e. The zero-order valence-electron chi connectivity index (χ0n) is 16.6. The molecule has 0 aliphatic heterocycles. The van der Waals surface area contributed by atoms with Crippen LogP contribution in [0, 0.1) is 17.3 Å². The number of hydrogen-bond donors (Lipinski definition) is 3. The predicted molar refractivity (Wildman–Crippen MR) is 104 cm³/mol. The summed E-state index contributed by atoms with van der Waals surface area (Å²) in [6, 6.07) is 5.79. The molecule has 2 saturated carbocycles. The summed E-state index contributed by atoms with van der Waals surface area (Å²) in [5.41, 5.74) is 1.76. The van der Waals surface area contributed by atoms with E-state index in [2.05, 4.69) is 23.3 Å². The summed E-state index contributed by atoms with van der Waals surface area (Å²) in [6.07, 6.45) is 7.10. The number of aromatic nitrogens is 3. The highest BCUT2D eigenvalue weighted by Crippen LogP contribution is 2.66. The second-order valence-corrected chi connectivity index (χ2v) is 9.35. The van der Waals surface area contributed by atoms with Crippen molar-refractivity contribution in [3.8, 4) is 5.75 Å². The van der Waals surface area contributed by atoms with Crippen molar-refractivity contribution in [1.29, 1.82) is 0 Å². The van der Waals surface area contributed by atoms with Gasteiger partial charge in [-0.1, -0.05) is 18.2 Å². The van der Waals surface area contributed by atoms with Crippen molar-refractivity contribution in [2.75, 3.05) is 0 Å². The van der Waals surface area contributed by atoms with Crippen molar-refractivity contribution >= 4 is 5.97 Å². The van der Waals surface area contributed by atoms with Crippen LogP contribution in [0.3, 0.4) is 0 Å². The number of carbonyl (C=O) groups is 1. The van der Waals surface area contributed by atoms with Gasteiger partial charge in [-0.2, -0.15) is 0 Å². The Balaban J connectivity index is 1.46. The first-order valence-electron chi connectivity index (χ1n) is 10.5. The van der Waals surface area contributed by atoms with E-state index in [9.17, 15) is 15.0 Å². The number of carboxylic acids is 1. The first-order valence-corrected chi connectivity index (χ1v) is 10.5. The number of aliphatic hydroxyl groups is 1. The van der Waals surface area contributed by atoms with E-state index >= 15 is 0 Å². The lowest BCUT2D eigenvalue weighted by Gasteiger charge is -2.52. The van der Waals surface area contributed by atoms with Crippen molar-refractivity contribution in [3.05, 3.63) is 41.2 Å². The second kappa shape index (κ2) is 6.29. The van der Waals surface area contributed by atoms with Gasteiger partial charge in [-0.3, -0.25) is 4.79 Å². The van der Waals surface area contributed by atoms with Gasteiger partial charge in [0, 0.05) is 5.41 Å². The average molecular weight is 397 g/mol. The number of aliphatic carboxylic acids is 1. The molecule has 5 atom stereocenters. The number of phenols is 1. The first-order chi connectivity index (χ1) is 13.8. The molecule has 0 unspecified atom stereocenters. The van der Waals surface area contributed by atoms with E-state index in [1.165, 1.54) is 15.8 Å². The highest BCUT2D eigenvalue weighted by Gasteiger charge is 2.63. The van der Waals surface area contributed by atoms with Gasteiger partial charge in [0.25, 0.3) is 0 Å². The molecule has 154 valence electrons. The van der Waals surface area contributed by atoms with Crippen LogP contribution >= 0.6 is 0 Å². The molecular formula is C22H27N3O4. The number of hydrogen-bond acceptors (Lipinski definition) is 5. The van der Waals surface area contributed by atoms with E-state index in [4.69, 9.17) is 5.11 Å². The van der Waals surface area contributed by atoms with Gasteiger partial charge in [0.15, 0.2) is 0 Å². The van der Waals surface area contributed by atoms with Gasteiger partial charge in [-0.25, -0.2) is 4.68 Å². The van der Waals surface area contributed by atoms with Crippen molar-refractivity contribution in [3.63, 3.8) is 0 Å². The first kappa shape index (κ1) is 18.6. The maximum absolute atomic E-state index is 11.8. The van der Waals surface area contributed by atoms with Gasteiger partial charge in [-0.05, 0) is 79.5 Å². The molecule has 1 aromatic heterocycles. The predicted octanol–water partition coefficient (Wildman–Crippen LogP) is 2.81. The Morgan fingerprint density at radius 2 is 2.10 bits per heavy atom. The third kappa shape index (κ3) is 2.63. The molecule has 7 nitrogen and oxygen atoms in total. The number of nitrogens with zero attached hydrogens (tertiary/aromatic N) is 3. The van der Waals surface area contributed by atoms with Gasteiger partial charge in [0.05, 0.1) is 6.20 Å². The minimum absolute atomic E-state index is 0.252. The van der Waals surface area contributed by atoms with E-state index in [-0.39, 0.29) is 12.0 Å². The highest BCUT2D eigenvalue weighted by molar-refractivity contribution is 5.66. The lowest BCUT2D eigenvalue weighted by atomic mass is 9.53. The van der Waals surface area contributed by atoms with Crippen LogP contribution in [0.2, 0.25) is 0 Å². The monoisotopic (exact) mass is 397 g/mol. The number of fused-ring (bicyclic) bond motifs is 5. The van der Waals surface area contributed by atoms with E-state index in [0.717, 1.165) is 32.1 Å². The Bertz CT molecular complexity index is 973. The molecule has 29 heavy (non-hydrogen) atoms. The Hall–Kier alpha value is -2.41. The smallest absolute Gasteiger partial charge is 0.325 e. The molecule has 2 aromatic rings. The molecule has 1 aromatic carbocycles. The zero-order valence-corrected chi connectivity index (χ0v) is 16.6. The fraction of sp³-hybridized carbons (Fsp3) is 0.591. The van der Waals surface area contributed by atoms with Crippen LogP contribution in [0.1, 0.15) is 61.8 Å². The summed E-state index contributed by atoms with van der Waals surface area (Å²) < 4.78 is 1.29. The molecule has 0 radical (unpaired) electrons. The quantitative estimate of drug-likeness (QED) is 0.735. The molecule has 7 heteroatoms. The fourth-order valence-electron chi connectivity index (χ4n) is 6.71. The second-order valence-electron chi connectivity index (χ2n) is 9.35. The van der Waals surface area contributed by atoms with Gasteiger partial charge < -0.3 is 15.3 Å². The number of rotatable bonds is 3. The van der Waals surface area contributed by atoms with Crippen LogP contribution in [-0.4, -0.2) is 36.3 Å². The van der Waals surface area contributed by atoms with Crippen molar-refractivity contribution in [2.24, 2.45) is 17.3 Å². The Morgan fingerprint density at radius 1 is 1.28 bits per heavy atom. The van der Waals surface area contributed by atoms with Crippen LogP contribution in [0.5, 0.6) is 5.75 Å². The number of phenolic OH excluding ortho intramolecular Hbond substituents is 1. The number of benzene rings is 1. The highest BCUT2D eigenvalue weighted by atomic mass is 16.4. The van der Waals surface area contributed by atoms with Gasteiger partial charge in [0.1, 0.15) is 23.6 Å². The van der Waals surface area contributed by atoms with Crippen molar-refractivity contribution < 1.29 is 20.1 Å². The standard InChI is InChI=1S/C22H27N3O4/c1-21-8-6-16-15-5-3-14(26)10-13(15)2-4-17(16)18(21)7-9-22(21,29)19-11-25(24-23-19)12-20(27)28/h3,5,10-11,16-18,26,29H,2,4,6-9,12H2,1H3,(H,27,28)/t16-,17-,18+,21+,22-/m1/s1. The number of aryl methyl sites for hydroxylation is 1. The van der Waals surface area contributed by atoms with E-state index in [1.54, 1.807) is 12.3 Å². The SMILES string of the molecule is C[C@]12CC[C@@H]3c4ccc(O)cc4CC[C@H]3[C@@H]1CC[C@@]2(O)c1cn(CC(=O)O)nn1. The van der Waals surface area contributed by atoms with Gasteiger partial charge in [0.2, 0.25) is 0 Å². The molecule has 5 rings (SSSR count). The summed E-state index contributed by atoms with van der Waals surface area (Å²) in [4.78, 5) is 11.0. The maximum atomic E-state index is 11.8. The average Bonchev–Trinajstić information content (AvgIpc) is 3.24. The Labute approximate surface area is 169 Å². The van der Waals surface area contributed by atoms with E-state index < -0.39 is 11.6 Å². The van der Waals surface area contributed by atoms with Crippen LogP contribution in [0.4, 0.5) is 0 Å². The number of aromatic hydroxyl groups is 1. The van der Waals surface area contributed by atoms with Crippen molar-refractivity contribution in [1.82, 2.24) is 15.0 Å². The number of carboxylic acid groups (broad SMARTS) is 1. The largest absolute Gasteiger partial charge is 0.508 e. The minimum atomic E-state index is -1.07. The molecule has 3 N–H and O–H groups in total. The normalized spacial score (nSPS) is 35.6. The molecule has 2 fully saturated rings. The molecule has 0 amide bonds. The van der Waals surface area contributed by atoms with Crippen LogP contribution in [-0.2, 0) is 23.4 Å². The lowest BCUT2D eigenvalue weighted by Crippen LogP contribution is -2.49. The molecule has 1 heterocycles. The topological polar surface area (TPSA) is 108 Å². The van der Waals surface area contributed by atoms with E-state index in [0.29, 0.717) is 35.6 Å². The summed E-state index contributed by atoms with van der Waals surface area (Å²) in [5, 5.41) is 38.8. The third-order valence-corrected chi connectivity index (χ3v) is 8.12. The van der Waals surface area contributed by atoms with Crippen LogP contribution in [0.25, 0.3) is 0 Å².